The molecule has 0 aliphatic rings. The molecule has 0 saturated heterocycles. The molecule has 0 unspecified atom stereocenters. The molecule has 20 heavy (non-hydrogen) atoms. The van der Waals surface area contributed by atoms with Crippen molar-refractivity contribution in [2.24, 2.45) is 0 Å². The van der Waals surface area contributed by atoms with E-state index >= 15 is 0 Å². The van der Waals surface area contributed by atoms with Gasteiger partial charge < -0.3 is 5.32 Å². The summed E-state index contributed by atoms with van der Waals surface area (Å²) in [6.45, 7) is 14.0. The van der Waals surface area contributed by atoms with Gasteiger partial charge in [0.25, 0.3) is 5.91 Å². The molecule has 1 amide bonds. The van der Waals surface area contributed by atoms with Crippen molar-refractivity contribution in [1.29, 1.82) is 0 Å². The second-order valence-electron chi connectivity index (χ2n) is 3.09. The number of carbonyl (C=O) groups excluding carboxylic acids is 1. The highest BCUT2D eigenvalue weighted by Gasteiger charge is 2.11. The van der Waals surface area contributed by atoms with Gasteiger partial charge in [-0.1, -0.05) is 47.6 Å². The fourth-order valence-electron chi connectivity index (χ4n) is 1.41. The third-order valence-corrected chi connectivity index (χ3v) is 2.85. The first-order valence-electron chi connectivity index (χ1n) is 7.30. The minimum absolute atomic E-state index is 0.0825. The van der Waals surface area contributed by atoms with Crippen LogP contribution in [0.2, 0.25) is 0 Å². The molecule has 1 aromatic carbocycles. The third-order valence-electron chi connectivity index (χ3n) is 2.22. The average Bonchev–Trinajstić information content (AvgIpc) is 3.03. The summed E-state index contributed by atoms with van der Waals surface area (Å²) in [5.74, 6) is -0.0825. The monoisotopic (exact) mass is 296 g/mol. The summed E-state index contributed by atoms with van der Waals surface area (Å²) in [6, 6.07) is 3.76. The van der Waals surface area contributed by atoms with Crippen molar-refractivity contribution >= 4 is 28.3 Å². The van der Waals surface area contributed by atoms with Crippen LogP contribution in [0.4, 0.5) is 0 Å². The maximum absolute atomic E-state index is 11.5. The van der Waals surface area contributed by atoms with Crippen LogP contribution in [0.15, 0.2) is 17.5 Å². The Labute approximate surface area is 127 Å². The zero-order valence-electron chi connectivity index (χ0n) is 14.0. The Hall–Kier alpha value is -1.42. The highest BCUT2D eigenvalue weighted by Crippen LogP contribution is 2.22. The van der Waals surface area contributed by atoms with Crippen LogP contribution in [0.1, 0.15) is 57.5 Å². The fourth-order valence-corrected chi connectivity index (χ4v) is 2.16. The van der Waals surface area contributed by atoms with Crippen LogP contribution in [-0.2, 0) is 0 Å². The summed E-state index contributed by atoms with van der Waals surface area (Å²) in [4.78, 5) is 11.5. The van der Waals surface area contributed by atoms with Gasteiger partial charge >= 0.3 is 0 Å². The number of carbonyl (C=O) groups is 1. The van der Waals surface area contributed by atoms with E-state index in [2.05, 4.69) is 9.69 Å². The number of aromatic nitrogens is 1. The van der Waals surface area contributed by atoms with Crippen LogP contribution in [-0.4, -0.2) is 17.3 Å². The molecule has 114 valence electrons. The van der Waals surface area contributed by atoms with E-state index in [-0.39, 0.29) is 5.91 Å². The summed E-state index contributed by atoms with van der Waals surface area (Å²) >= 11 is 1.38. The van der Waals surface area contributed by atoms with Gasteiger partial charge in [-0.3, -0.25) is 4.79 Å². The molecular formula is C16H28N2OS. The lowest BCUT2D eigenvalue weighted by Crippen LogP contribution is -2.18. The quantitative estimate of drug-likeness (QED) is 0.800. The van der Waals surface area contributed by atoms with E-state index in [0.29, 0.717) is 5.56 Å². The van der Waals surface area contributed by atoms with E-state index in [9.17, 15) is 4.79 Å². The maximum atomic E-state index is 11.5. The Kier molecular flexibility index (Phi) is 13.2. The van der Waals surface area contributed by atoms with Crippen LogP contribution < -0.4 is 5.32 Å². The lowest BCUT2D eigenvalue weighted by Gasteiger charge is -2.02. The molecule has 0 fully saturated rings. The average molecular weight is 296 g/mol. The van der Waals surface area contributed by atoms with Crippen molar-refractivity contribution in [1.82, 2.24) is 9.69 Å². The number of amides is 1. The van der Waals surface area contributed by atoms with Crippen molar-refractivity contribution in [2.75, 3.05) is 7.05 Å². The van der Waals surface area contributed by atoms with Gasteiger partial charge in [-0.2, -0.15) is 4.37 Å². The number of benzene rings is 1. The summed E-state index contributed by atoms with van der Waals surface area (Å²) in [5, 5.41) is 5.64. The molecule has 0 aliphatic heterocycles. The Bertz CT molecular complexity index is 492. The molecular weight excluding hydrogens is 268 g/mol. The summed E-state index contributed by atoms with van der Waals surface area (Å²) in [5.41, 5.74) is 2.60. The van der Waals surface area contributed by atoms with Gasteiger partial charge in [0.15, 0.2) is 0 Å². The molecule has 0 saturated carbocycles. The molecule has 1 N–H and O–H groups in total. The van der Waals surface area contributed by atoms with Gasteiger partial charge in [0, 0.05) is 17.8 Å². The predicted molar refractivity (Wildman–Crippen MR) is 91.8 cm³/mol. The largest absolute Gasteiger partial charge is 0.355 e. The molecule has 0 spiro atoms. The van der Waals surface area contributed by atoms with Gasteiger partial charge in [0.05, 0.1) is 11.1 Å². The Morgan fingerprint density at radius 2 is 1.65 bits per heavy atom. The van der Waals surface area contributed by atoms with E-state index in [1.165, 1.54) is 11.5 Å². The van der Waals surface area contributed by atoms with Gasteiger partial charge in [-0.15, -0.1) is 0 Å². The predicted octanol–water partition coefficient (Wildman–Crippen LogP) is 5.04. The number of rotatable bonds is 1. The molecule has 2 rings (SSSR count). The van der Waals surface area contributed by atoms with E-state index in [1.54, 1.807) is 7.05 Å². The summed E-state index contributed by atoms with van der Waals surface area (Å²) in [6.07, 6.45) is 0. The molecule has 0 atom stereocenters. The van der Waals surface area contributed by atoms with E-state index in [4.69, 9.17) is 0 Å². The SMILES string of the molecule is CC.CC.CC.CNC(=O)c1ccc(C)c2csnc12. The highest BCUT2D eigenvalue weighted by molar-refractivity contribution is 7.04. The molecule has 1 aromatic heterocycles. The zero-order valence-corrected chi connectivity index (χ0v) is 14.8. The molecule has 3 nitrogen and oxygen atoms in total. The number of nitrogens with zero attached hydrogens (tertiary/aromatic N) is 1. The Morgan fingerprint density at radius 3 is 2.15 bits per heavy atom. The van der Waals surface area contributed by atoms with Gasteiger partial charge in [0.1, 0.15) is 0 Å². The minimum atomic E-state index is -0.0825. The first-order chi connectivity index (χ1) is 9.74. The second-order valence-corrected chi connectivity index (χ2v) is 3.72. The van der Waals surface area contributed by atoms with Crippen LogP contribution in [0.25, 0.3) is 10.9 Å². The van der Waals surface area contributed by atoms with Gasteiger partial charge in [0.2, 0.25) is 0 Å². The van der Waals surface area contributed by atoms with Gasteiger partial charge in [-0.25, -0.2) is 0 Å². The lowest BCUT2D eigenvalue weighted by atomic mass is 10.1. The van der Waals surface area contributed by atoms with Crippen molar-refractivity contribution in [2.45, 2.75) is 48.5 Å². The minimum Gasteiger partial charge on any atom is -0.355 e. The first kappa shape index (κ1) is 20.9. The van der Waals surface area contributed by atoms with Crippen molar-refractivity contribution in [3.05, 3.63) is 28.6 Å². The number of nitrogens with one attached hydrogen (secondary N) is 1. The van der Waals surface area contributed by atoms with Crippen molar-refractivity contribution < 1.29 is 4.79 Å². The van der Waals surface area contributed by atoms with Crippen LogP contribution in [0, 0.1) is 6.92 Å². The topological polar surface area (TPSA) is 42.0 Å². The zero-order chi connectivity index (χ0) is 16.1. The Morgan fingerprint density at radius 1 is 1.10 bits per heavy atom. The Balaban J connectivity index is 0. The van der Waals surface area contributed by atoms with Crippen molar-refractivity contribution in [3.8, 4) is 0 Å². The standard InChI is InChI=1S/C10H10N2OS.3C2H6/c1-6-3-4-7(10(13)11-2)9-8(6)5-14-12-9;3*1-2/h3-5H,1-2H3,(H,11,13);3*1-2H3. The third kappa shape index (κ3) is 5.29. The van der Waals surface area contributed by atoms with E-state index in [1.807, 2.05) is 66.0 Å². The van der Waals surface area contributed by atoms with Gasteiger partial charge in [-0.05, 0) is 30.1 Å². The van der Waals surface area contributed by atoms with Crippen molar-refractivity contribution in [3.63, 3.8) is 0 Å². The van der Waals surface area contributed by atoms with E-state index in [0.717, 1.165) is 16.5 Å². The number of hydrogen-bond acceptors (Lipinski definition) is 3. The number of fused-ring (bicyclic) bond motifs is 1. The number of hydrogen-bond donors (Lipinski definition) is 1. The highest BCUT2D eigenvalue weighted by atomic mass is 32.1. The number of aryl methyl sites for hydroxylation is 1. The summed E-state index contributed by atoms with van der Waals surface area (Å²) in [7, 11) is 1.63. The van der Waals surface area contributed by atoms with Crippen LogP contribution in [0.3, 0.4) is 0 Å². The fraction of sp³-hybridized carbons (Fsp3) is 0.500. The normalized spacial score (nSPS) is 8.20. The second kappa shape index (κ2) is 12.6. The molecule has 0 bridgehead atoms. The van der Waals surface area contributed by atoms with E-state index < -0.39 is 0 Å². The summed E-state index contributed by atoms with van der Waals surface area (Å²) < 4.78 is 4.23. The van der Waals surface area contributed by atoms with Crippen LogP contribution >= 0.6 is 11.5 Å². The van der Waals surface area contributed by atoms with Crippen LogP contribution in [0.5, 0.6) is 0 Å². The molecule has 0 aliphatic carbocycles. The molecule has 4 heteroatoms. The molecule has 2 aromatic rings. The first-order valence-corrected chi connectivity index (χ1v) is 8.13. The maximum Gasteiger partial charge on any atom is 0.253 e. The molecule has 1 heterocycles. The molecule has 0 radical (unpaired) electrons. The lowest BCUT2D eigenvalue weighted by molar-refractivity contribution is 0.0964. The smallest absolute Gasteiger partial charge is 0.253 e.